The number of nitrogens with one attached hydrogen (secondary N) is 7. The van der Waals surface area contributed by atoms with Crippen LogP contribution in [0, 0.1) is 17.8 Å². The highest BCUT2D eigenvalue weighted by Gasteiger charge is 2.40. The third kappa shape index (κ3) is 16.8. The first-order chi connectivity index (χ1) is 31.5. The van der Waals surface area contributed by atoms with Crippen LogP contribution in [0.3, 0.4) is 0 Å². The number of hydrogen-bond donors (Lipinski definition) is 12. The van der Waals surface area contributed by atoms with E-state index in [2.05, 4.69) is 41.9 Å². The number of rotatable bonds is 26. The number of aliphatic carboxylic acids is 1. The van der Waals surface area contributed by atoms with E-state index in [4.69, 9.17) is 17.2 Å². The van der Waals surface area contributed by atoms with Crippen molar-refractivity contribution >= 4 is 64.2 Å². The van der Waals surface area contributed by atoms with Crippen molar-refractivity contribution in [2.24, 2.45) is 39.9 Å². The summed E-state index contributed by atoms with van der Waals surface area (Å²) in [5, 5.41) is 36.7. The highest BCUT2D eigenvalue weighted by Crippen LogP contribution is 2.22. The van der Waals surface area contributed by atoms with Crippen molar-refractivity contribution < 1.29 is 48.6 Å². The highest BCUT2D eigenvalue weighted by molar-refractivity contribution is 5.98. The Hall–Kier alpha value is -6.29. The lowest BCUT2D eigenvalue weighted by Crippen LogP contribution is -2.61. The summed E-state index contributed by atoms with van der Waals surface area (Å²) >= 11 is 0. The first kappa shape index (κ1) is 55.0. The number of guanidine groups is 1. The van der Waals surface area contributed by atoms with Gasteiger partial charge in [-0.15, -0.1) is 0 Å². The summed E-state index contributed by atoms with van der Waals surface area (Å²) in [6.07, 6.45) is 2.75. The minimum absolute atomic E-state index is 0.00102. The summed E-state index contributed by atoms with van der Waals surface area (Å²) in [6.45, 7) is 11.5. The van der Waals surface area contributed by atoms with Gasteiger partial charge in [-0.25, -0.2) is 4.79 Å². The molecule has 0 spiro atoms. The van der Waals surface area contributed by atoms with E-state index in [1.165, 1.54) is 11.8 Å². The number of nitrogens with two attached hydrogens (primary N) is 3. The fraction of sp³-hybridized carbons (Fsp3) is 0.622. The third-order valence-corrected chi connectivity index (χ3v) is 11.3. The molecule has 3 rings (SSSR count). The van der Waals surface area contributed by atoms with E-state index < -0.39 is 108 Å². The number of para-hydroxylation sites is 1. The average Bonchev–Trinajstić information content (AvgIpc) is 3.91. The van der Waals surface area contributed by atoms with Crippen molar-refractivity contribution in [1.29, 1.82) is 0 Å². The van der Waals surface area contributed by atoms with Gasteiger partial charge in [-0.3, -0.25) is 38.6 Å². The molecule has 1 fully saturated rings. The van der Waals surface area contributed by atoms with E-state index >= 15 is 0 Å². The predicted octanol–water partition coefficient (Wildman–Crippen LogP) is -1.16. The van der Waals surface area contributed by atoms with Crippen LogP contribution >= 0.6 is 0 Å². The summed E-state index contributed by atoms with van der Waals surface area (Å²) in [4.78, 5) is 117. The molecule has 1 aromatic heterocycles. The van der Waals surface area contributed by atoms with Gasteiger partial charge in [0.05, 0.1) is 12.6 Å². The van der Waals surface area contributed by atoms with Gasteiger partial charge in [-0.1, -0.05) is 59.7 Å². The molecule has 8 atom stereocenters. The van der Waals surface area contributed by atoms with Crippen LogP contribution in [0.2, 0.25) is 0 Å². The Kier molecular flexibility index (Phi) is 21.5. The monoisotopic (exact) mass is 941 g/mol. The van der Waals surface area contributed by atoms with E-state index in [0.717, 1.165) is 10.9 Å². The van der Waals surface area contributed by atoms with Gasteiger partial charge in [0, 0.05) is 36.6 Å². The lowest BCUT2D eigenvalue weighted by atomic mass is 9.99. The van der Waals surface area contributed by atoms with Gasteiger partial charge < -0.3 is 69.2 Å². The summed E-state index contributed by atoms with van der Waals surface area (Å²) in [5.74, 6) is -7.13. The highest BCUT2D eigenvalue weighted by atomic mass is 16.4. The number of aliphatic hydroxyl groups is 1. The second-order valence-corrected chi connectivity index (χ2v) is 18.3. The molecule has 0 bridgehead atoms. The smallest absolute Gasteiger partial charge is 0.326 e. The predicted molar refractivity (Wildman–Crippen MR) is 250 cm³/mol. The van der Waals surface area contributed by atoms with Crippen LogP contribution in [0.15, 0.2) is 35.5 Å². The molecular weight excluding hydrogens is 869 g/mol. The molecule has 1 aromatic carbocycles. The molecular formula is C45H72N12O10. The van der Waals surface area contributed by atoms with Crippen LogP contribution in [0.1, 0.15) is 92.6 Å². The molecule has 15 N–H and O–H groups in total. The largest absolute Gasteiger partial charge is 0.480 e. The number of H-pyrrole nitrogens is 1. The number of aromatic nitrogens is 1. The van der Waals surface area contributed by atoms with Crippen LogP contribution < -0.4 is 49.1 Å². The first-order valence-electron chi connectivity index (χ1n) is 22.9. The van der Waals surface area contributed by atoms with Crippen molar-refractivity contribution in [1.82, 2.24) is 41.8 Å². The van der Waals surface area contributed by atoms with Gasteiger partial charge in [0.2, 0.25) is 41.4 Å². The number of aliphatic imine (C=N–C) groups is 1. The topological polar surface area (TPSA) is 359 Å². The quantitative estimate of drug-likeness (QED) is 0.0301. The maximum Gasteiger partial charge on any atom is 0.326 e. The third-order valence-electron chi connectivity index (χ3n) is 11.3. The molecule has 0 unspecified atom stereocenters. The molecule has 0 saturated carbocycles. The number of carboxylic acids is 1. The van der Waals surface area contributed by atoms with Crippen molar-refractivity contribution in [3.63, 3.8) is 0 Å². The van der Waals surface area contributed by atoms with Crippen LogP contribution in [0.25, 0.3) is 10.9 Å². The second-order valence-electron chi connectivity index (χ2n) is 18.3. The maximum absolute atomic E-state index is 14.4. The van der Waals surface area contributed by atoms with Gasteiger partial charge in [-0.05, 0) is 74.8 Å². The summed E-state index contributed by atoms with van der Waals surface area (Å²) in [6, 6.07) is -2.38. The fourth-order valence-electron chi connectivity index (χ4n) is 7.75. The molecule has 67 heavy (non-hydrogen) atoms. The lowest BCUT2D eigenvalue weighted by Gasteiger charge is -2.31. The zero-order chi connectivity index (χ0) is 50.1. The molecule has 2 heterocycles. The average molecular weight is 941 g/mol. The minimum Gasteiger partial charge on any atom is -0.480 e. The van der Waals surface area contributed by atoms with E-state index in [0.29, 0.717) is 12.0 Å². The van der Waals surface area contributed by atoms with Crippen LogP contribution in [-0.2, 0) is 44.8 Å². The second kappa shape index (κ2) is 26.2. The van der Waals surface area contributed by atoms with Crippen molar-refractivity contribution in [3.05, 3.63) is 36.0 Å². The molecule has 1 aliphatic heterocycles. The zero-order valence-corrected chi connectivity index (χ0v) is 39.6. The summed E-state index contributed by atoms with van der Waals surface area (Å²) in [5.41, 5.74) is 18.2. The van der Waals surface area contributed by atoms with Crippen molar-refractivity contribution in [2.75, 3.05) is 19.7 Å². The Morgan fingerprint density at radius 2 is 1.33 bits per heavy atom. The van der Waals surface area contributed by atoms with E-state index in [-0.39, 0.29) is 69.4 Å². The van der Waals surface area contributed by atoms with Gasteiger partial charge in [0.15, 0.2) is 5.96 Å². The number of amides is 7. The Balaban J connectivity index is 1.92. The lowest BCUT2D eigenvalue weighted by molar-refractivity contribution is -0.143. The number of aliphatic hydroxyl groups excluding tert-OH is 1. The normalized spacial score (nSPS) is 16.8. The molecule has 0 radical (unpaired) electrons. The maximum atomic E-state index is 14.4. The minimum atomic E-state index is -1.59. The van der Waals surface area contributed by atoms with Gasteiger partial charge >= 0.3 is 5.97 Å². The number of fused-ring (bicyclic) bond motifs is 1. The number of benzene rings is 1. The van der Waals surface area contributed by atoms with Gasteiger partial charge in [0.25, 0.3) is 0 Å². The standard InChI is InChI=1S/C45H72N12O10/c1-23(2)18-31(40(62)56-36(25(5)6)44(66)67)52-39(61)32(20-27-21-50-29-13-9-8-12-28(27)29)53-38(60)30(14-10-16-49-45(47)48)51-41(63)34(22-58)55-42(64)35-15-11-17-57(35)43(65)33(19-24(3)4)54-37(59)26(7)46/h8-9,12-13,21,23-26,30-36,50,58H,10-11,14-20,22,46H2,1-7H3,(H,51,63)(H,52,61)(H,53,60)(H,54,59)(H,55,64)(H,56,62)(H,66,67)(H4,47,48,49)/t26-,30-,31-,32-,33-,34-,35-,36-/m0/s1. The number of hydrogen-bond acceptors (Lipinski definition) is 11. The molecule has 7 amide bonds. The molecule has 1 saturated heterocycles. The fourth-order valence-corrected chi connectivity index (χ4v) is 7.75. The number of carbonyl (C=O) groups excluding carboxylic acids is 7. The van der Waals surface area contributed by atoms with Crippen LogP contribution in [0.5, 0.6) is 0 Å². The van der Waals surface area contributed by atoms with Gasteiger partial charge in [-0.2, -0.15) is 0 Å². The Morgan fingerprint density at radius 3 is 1.93 bits per heavy atom. The number of carbonyl (C=O) groups is 8. The number of likely N-dealkylation sites (tertiary alicyclic amines) is 1. The number of carboxylic acid groups (broad SMARTS) is 1. The van der Waals surface area contributed by atoms with Crippen molar-refractivity contribution in [2.45, 2.75) is 142 Å². The van der Waals surface area contributed by atoms with Crippen LogP contribution in [-0.4, -0.2) is 141 Å². The zero-order valence-electron chi connectivity index (χ0n) is 39.6. The van der Waals surface area contributed by atoms with Gasteiger partial charge in [0.1, 0.15) is 42.3 Å². The van der Waals surface area contributed by atoms with E-state index in [1.807, 2.05) is 45.9 Å². The molecule has 2 aromatic rings. The summed E-state index contributed by atoms with van der Waals surface area (Å²) in [7, 11) is 0. The molecule has 372 valence electrons. The number of nitrogens with zero attached hydrogens (tertiary/aromatic N) is 2. The SMILES string of the molecule is CC(C)C[C@H](NC(=O)[C@H](Cc1c[nH]c2ccccc12)NC(=O)[C@H](CCCN=C(N)N)NC(=O)[C@H](CO)NC(=O)[C@@H]1CCCN1C(=O)[C@H](CC(C)C)NC(=O)[C@H](C)N)C(=O)N[C@H](C(=O)O)C(C)C. The Bertz CT molecular complexity index is 2070. The number of aromatic amines is 1. The Morgan fingerprint density at radius 1 is 0.761 bits per heavy atom. The first-order valence-corrected chi connectivity index (χ1v) is 22.9. The van der Waals surface area contributed by atoms with Crippen LogP contribution in [0.4, 0.5) is 0 Å². The molecule has 1 aliphatic rings. The summed E-state index contributed by atoms with van der Waals surface area (Å²) < 4.78 is 0. The van der Waals surface area contributed by atoms with E-state index in [9.17, 15) is 48.6 Å². The van der Waals surface area contributed by atoms with Crippen molar-refractivity contribution in [3.8, 4) is 0 Å². The van der Waals surface area contributed by atoms with E-state index in [1.54, 1.807) is 26.1 Å². The molecule has 22 heteroatoms. The Labute approximate surface area is 391 Å². The molecule has 0 aliphatic carbocycles. The molecule has 22 nitrogen and oxygen atoms in total.